The molecule has 1 heterocycles. The van der Waals surface area contributed by atoms with Crippen molar-refractivity contribution in [3.63, 3.8) is 0 Å². The molecule has 0 saturated heterocycles. The fourth-order valence-electron chi connectivity index (χ4n) is 1.31. The van der Waals surface area contributed by atoms with Crippen molar-refractivity contribution in [3.8, 4) is 0 Å². The van der Waals surface area contributed by atoms with Crippen molar-refractivity contribution in [1.82, 2.24) is 4.98 Å². The van der Waals surface area contributed by atoms with E-state index in [1.807, 2.05) is 0 Å². The molecule has 7 heteroatoms. The summed E-state index contributed by atoms with van der Waals surface area (Å²) in [4.78, 5) is 26.7. The maximum Gasteiger partial charge on any atom is 0.257 e. The van der Waals surface area contributed by atoms with Crippen LogP contribution in [0.2, 0.25) is 5.02 Å². The maximum absolute atomic E-state index is 11.8. The third-order valence-corrected chi connectivity index (χ3v) is 3.15. The number of benzene rings is 1. The Balaban J connectivity index is 2.21. The number of nitrogens with zero attached hydrogens (tertiary/aromatic N) is 1. The number of carbonyl (C=O) groups is 2. The Hall–Kier alpha value is -1.92. The Kier molecular flexibility index (Phi) is 3.59. The number of halogens is 1. The molecule has 92 valence electrons. The Morgan fingerprint density at radius 1 is 1.39 bits per heavy atom. The van der Waals surface area contributed by atoms with Crippen LogP contribution in [0.3, 0.4) is 0 Å². The van der Waals surface area contributed by atoms with Crippen LogP contribution in [0.4, 0.5) is 5.13 Å². The lowest BCUT2D eigenvalue weighted by atomic mass is 10.1. The van der Waals surface area contributed by atoms with Crippen LogP contribution in [0.5, 0.6) is 0 Å². The number of carbonyl (C=O) groups excluding carboxylic acids is 2. The minimum absolute atomic E-state index is 0.147. The van der Waals surface area contributed by atoms with E-state index in [4.69, 9.17) is 17.3 Å². The lowest BCUT2D eigenvalue weighted by molar-refractivity contribution is 0.0995. The lowest BCUT2D eigenvalue weighted by Gasteiger charge is -2.04. The SMILES string of the molecule is NC(=O)c1ccc(C(=O)Nc2nccs2)cc1Cl. The largest absolute Gasteiger partial charge is 0.366 e. The number of anilines is 1. The summed E-state index contributed by atoms with van der Waals surface area (Å²) in [6.45, 7) is 0. The highest BCUT2D eigenvalue weighted by Crippen LogP contribution is 2.19. The number of rotatable bonds is 3. The molecule has 5 nitrogen and oxygen atoms in total. The third-order valence-electron chi connectivity index (χ3n) is 2.15. The van der Waals surface area contributed by atoms with Gasteiger partial charge in [0.15, 0.2) is 5.13 Å². The summed E-state index contributed by atoms with van der Waals surface area (Å²) in [6, 6.07) is 4.29. The van der Waals surface area contributed by atoms with Crippen molar-refractivity contribution in [2.75, 3.05) is 5.32 Å². The third kappa shape index (κ3) is 2.66. The lowest BCUT2D eigenvalue weighted by Crippen LogP contribution is -2.14. The molecule has 0 radical (unpaired) electrons. The molecule has 0 atom stereocenters. The minimum Gasteiger partial charge on any atom is -0.366 e. The van der Waals surface area contributed by atoms with Gasteiger partial charge in [-0.25, -0.2) is 4.98 Å². The molecule has 0 aliphatic heterocycles. The summed E-state index contributed by atoms with van der Waals surface area (Å²) >= 11 is 7.16. The molecule has 0 fully saturated rings. The number of thiazole rings is 1. The van der Waals surface area contributed by atoms with Crippen molar-refractivity contribution in [3.05, 3.63) is 45.9 Å². The molecular formula is C11H8ClN3O2S. The predicted octanol–water partition coefficient (Wildman–Crippen LogP) is 2.15. The summed E-state index contributed by atoms with van der Waals surface area (Å²) < 4.78 is 0. The number of primary amides is 1. The van der Waals surface area contributed by atoms with E-state index in [-0.39, 0.29) is 16.5 Å². The zero-order valence-corrected chi connectivity index (χ0v) is 10.6. The van der Waals surface area contributed by atoms with Crippen molar-refractivity contribution < 1.29 is 9.59 Å². The van der Waals surface area contributed by atoms with Crippen LogP contribution in [0.1, 0.15) is 20.7 Å². The van der Waals surface area contributed by atoms with Crippen molar-refractivity contribution in [2.45, 2.75) is 0 Å². The highest BCUT2D eigenvalue weighted by Gasteiger charge is 2.12. The van der Waals surface area contributed by atoms with Gasteiger partial charge in [-0.2, -0.15) is 0 Å². The number of hydrogen-bond donors (Lipinski definition) is 2. The van der Waals surface area contributed by atoms with Gasteiger partial charge in [0, 0.05) is 17.1 Å². The molecule has 0 aliphatic carbocycles. The highest BCUT2D eigenvalue weighted by molar-refractivity contribution is 7.13. The van der Waals surface area contributed by atoms with Crippen LogP contribution in [0.15, 0.2) is 29.8 Å². The molecule has 0 unspecified atom stereocenters. The number of nitrogens with one attached hydrogen (secondary N) is 1. The standard InChI is InChI=1S/C11H8ClN3O2S/c12-8-5-6(1-2-7(8)9(13)16)10(17)15-11-14-3-4-18-11/h1-5H,(H2,13,16)(H,14,15,17). The molecule has 0 aliphatic rings. The second kappa shape index (κ2) is 5.16. The van der Waals surface area contributed by atoms with Crippen molar-refractivity contribution in [2.24, 2.45) is 5.73 Å². The summed E-state index contributed by atoms with van der Waals surface area (Å²) in [5.74, 6) is -0.977. The van der Waals surface area contributed by atoms with Gasteiger partial charge in [-0.1, -0.05) is 11.6 Å². The molecule has 1 aromatic carbocycles. The Bertz CT molecular complexity index is 598. The molecule has 0 spiro atoms. The first-order chi connectivity index (χ1) is 8.58. The van der Waals surface area contributed by atoms with Crippen molar-refractivity contribution in [1.29, 1.82) is 0 Å². The number of aromatic nitrogens is 1. The first-order valence-corrected chi connectivity index (χ1v) is 6.14. The first-order valence-electron chi connectivity index (χ1n) is 4.88. The molecule has 18 heavy (non-hydrogen) atoms. The van der Waals surface area contributed by atoms with Crippen LogP contribution < -0.4 is 11.1 Å². The van der Waals surface area contributed by atoms with Gasteiger partial charge in [-0.3, -0.25) is 14.9 Å². The summed E-state index contributed by atoms with van der Waals surface area (Å²) in [7, 11) is 0. The number of nitrogens with two attached hydrogens (primary N) is 1. The molecule has 3 N–H and O–H groups in total. The number of hydrogen-bond acceptors (Lipinski definition) is 4. The Morgan fingerprint density at radius 2 is 2.17 bits per heavy atom. The van der Waals surface area contributed by atoms with Crippen LogP contribution in [-0.2, 0) is 0 Å². The molecule has 0 bridgehead atoms. The van der Waals surface area contributed by atoms with E-state index in [1.54, 1.807) is 11.6 Å². The second-order valence-corrected chi connectivity index (χ2v) is 4.65. The van der Waals surface area contributed by atoms with Crippen molar-refractivity contribution >= 4 is 39.9 Å². The molecule has 0 saturated carbocycles. The fraction of sp³-hybridized carbons (Fsp3) is 0. The molecular weight excluding hydrogens is 274 g/mol. The fourth-order valence-corrected chi connectivity index (χ4v) is 2.11. The maximum atomic E-state index is 11.8. The summed E-state index contributed by atoms with van der Waals surface area (Å²) in [6.07, 6.45) is 1.59. The van der Waals surface area contributed by atoms with Crippen LogP contribution in [-0.4, -0.2) is 16.8 Å². The Morgan fingerprint density at radius 3 is 2.72 bits per heavy atom. The Labute approximate surface area is 112 Å². The normalized spacial score (nSPS) is 10.1. The van der Waals surface area contributed by atoms with E-state index in [0.717, 1.165) is 0 Å². The monoisotopic (exact) mass is 281 g/mol. The van der Waals surface area contributed by atoms with E-state index in [1.165, 1.54) is 29.5 Å². The van der Waals surface area contributed by atoms with E-state index in [9.17, 15) is 9.59 Å². The van der Waals surface area contributed by atoms with Gasteiger partial charge in [0.1, 0.15) is 0 Å². The van der Waals surface area contributed by atoms with Gasteiger partial charge in [0.05, 0.1) is 10.6 Å². The van der Waals surface area contributed by atoms with E-state index < -0.39 is 5.91 Å². The smallest absolute Gasteiger partial charge is 0.257 e. The van der Waals surface area contributed by atoms with E-state index in [2.05, 4.69) is 10.3 Å². The number of amides is 2. The van der Waals surface area contributed by atoms with Gasteiger partial charge in [-0.05, 0) is 18.2 Å². The van der Waals surface area contributed by atoms with E-state index >= 15 is 0 Å². The van der Waals surface area contributed by atoms with Crippen LogP contribution >= 0.6 is 22.9 Å². The van der Waals surface area contributed by atoms with Gasteiger partial charge >= 0.3 is 0 Å². The van der Waals surface area contributed by atoms with Gasteiger partial charge in [-0.15, -0.1) is 11.3 Å². The van der Waals surface area contributed by atoms with Gasteiger partial charge in [0.25, 0.3) is 5.91 Å². The first kappa shape index (κ1) is 12.5. The predicted molar refractivity (Wildman–Crippen MR) is 70.0 cm³/mol. The topological polar surface area (TPSA) is 85.1 Å². The minimum atomic E-state index is -0.633. The summed E-state index contributed by atoms with van der Waals surface area (Å²) in [5, 5.41) is 5.00. The molecule has 2 aromatic rings. The van der Waals surface area contributed by atoms with Gasteiger partial charge in [0.2, 0.25) is 5.91 Å². The van der Waals surface area contributed by atoms with Crippen LogP contribution in [0, 0.1) is 0 Å². The highest BCUT2D eigenvalue weighted by atomic mass is 35.5. The average molecular weight is 282 g/mol. The zero-order chi connectivity index (χ0) is 13.1. The van der Waals surface area contributed by atoms with Crippen LogP contribution in [0.25, 0.3) is 0 Å². The zero-order valence-electron chi connectivity index (χ0n) is 9.01. The summed E-state index contributed by atoms with van der Waals surface area (Å²) in [5.41, 5.74) is 5.63. The quantitative estimate of drug-likeness (QED) is 0.904. The second-order valence-electron chi connectivity index (χ2n) is 3.35. The van der Waals surface area contributed by atoms with Gasteiger partial charge < -0.3 is 5.73 Å². The van der Waals surface area contributed by atoms with E-state index in [0.29, 0.717) is 10.7 Å². The molecule has 2 amide bonds. The average Bonchev–Trinajstić information content (AvgIpc) is 2.81. The molecule has 1 aromatic heterocycles. The molecule has 2 rings (SSSR count).